The highest BCUT2D eigenvalue weighted by Crippen LogP contribution is 2.34. The number of carbonyl (C=O) groups is 1. The third kappa shape index (κ3) is 3.41. The van der Waals surface area contributed by atoms with Crippen LogP contribution >= 0.6 is 11.3 Å². The molecule has 2 aliphatic heterocycles. The van der Waals surface area contributed by atoms with Crippen molar-refractivity contribution in [2.24, 2.45) is 11.8 Å². The molecule has 2 aliphatic rings. The fourth-order valence-electron chi connectivity index (χ4n) is 3.85. The lowest BCUT2D eigenvalue weighted by atomic mass is 9.84. The average molecular weight is 346 g/mol. The van der Waals surface area contributed by atoms with Gasteiger partial charge >= 0.3 is 0 Å². The van der Waals surface area contributed by atoms with Crippen molar-refractivity contribution in [1.29, 1.82) is 0 Å². The number of hydrogen-bond donors (Lipinski definition) is 1. The first-order chi connectivity index (χ1) is 11.8. The van der Waals surface area contributed by atoms with Crippen molar-refractivity contribution >= 4 is 17.2 Å². The lowest BCUT2D eigenvalue weighted by molar-refractivity contribution is 0.0729. The molecule has 0 saturated carbocycles. The van der Waals surface area contributed by atoms with Gasteiger partial charge in [0, 0.05) is 25.6 Å². The molecule has 3 atom stereocenters. The van der Waals surface area contributed by atoms with Gasteiger partial charge in [0.25, 0.3) is 5.91 Å². The highest BCUT2D eigenvalue weighted by Gasteiger charge is 2.40. The van der Waals surface area contributed by atoms with E-state index in [0.717, 1.165) is 32.7 Å². The number of rotatable bonds is 5. The highest BCUT2D eigenvalue weighted by atomic mass is 32.1. The van der Waals surface area contributed by atoms with Crippen molar-refractivity contribution in [1.82, 2.24) is 10.2 Å². The van der Waals surface area contributed by atoms with Crippen molar-refractivity contribution in [2.45, 2.75) is 19.1 Å². The maximum atomic E-state index is 12.0. The maximum Gasteiger partial charge on any atom is 0.287 e. The highest BCUT2D eigenvalue weighted by molar-refractivity contribution is 7.07. The van der Waals surface area contributed by atoms with Crippen molar-refractivity contribution in [3.05, 3.63) is 46.5 Å². The van der Waals surface area contributed by atoms with E-state index in [1.165, 1.54) is 11.8 Å². The Balaban J connectivity index is 1.28. The Bertz CT molecular complexity index is 656. The first-order valence-corrected chi connectivity index (χ1v) is 9.40. The van der Waals surface area contributed by atoms with E-state index in [-0.39, 0.29) is 12.0 Å². The SMILES string of the molecule is O=C(NC[C@@H]1OC[C@H]2CN(Cc3ccsc3)CC[C@H]21)c1ccco1. The first-order valence-electron chi connectivity index (χ1n) is 8.46. The number of furan rings is 1. The molecule has 0 aliphatic carbocycles. The van der Waals surface area contributed by atoms with Gasteiger partial charge in [-0.05, 0) is 53.4 Å². The summed E-state index contributed by atoms with van der Waals surface area (Å²) < 4.78 is 11.1. The second-order valence-corrected chi connectivity index (χ2v) is 7.42. The quantitative estimate of drug-likeness (QED) is 0.904. The summed E-state index contributed by atoms with van der Waals surface area (Å²) in [5.41, 5.74) is 1.40. The van der Waals surface area contributed by atoms with Crippen LogP contribution in [-0.2, 0) is 11.3 Å². The first kappa shape index (κ1) is 15.9. The summed E-state index contributed by atoms with van der Waals surface area (Å²) in [7, 11) is 0. The molecule has 2 aromatic rings. The number of nitrogens with zero attached hydrogens (tertiary/aromatic N) is 1. The standard InChI is InChI=1S/C18H22N2O3S/c21-18(16-2-1-6-22-16)19-8-17-15-3-5-20(10-14(15)11-23-17)9-13-4-7-24-12-13/h1-2,4,6-7,12,14-15,17H,3,5,8-11H2,(H,19,21)/t14-,15-,17+/m1/s1. The molecule has 0 aromatic carbocycles. The Labute approximate surface area is 145 Å². The predicted octanol–water partition coefficient (Wildman–Crippen LogP) is 2.61. The van der Waals surface area contributed by atoms with E-state index in [4.69, 9.17) is 9.15 Å². The van der Waals surface area contributed by atoms with Gasteiger partial charge in [0.05, 0.1) is 19.0 Å². The second kappa shape index (κ2) is 7.09. The van der Waals surface area contributed by atoms with E-state index in [2.05, 4.69) is 27.0 Å². The predicted molar refractivity (Wildman–Crippen MR) is 92.0 cm³/mol. The van der Waals surface area contributed by atoms with Gasteiger partial charge in [-0.3, -0.25) is 9.69 Å². The largest absolute Gasteiger partial charge is 0.459 e. The number of fused-ring (bicyclic) bond motifs is 1. The summed E-state index contributed by atoms with van der Waals surface area (Å²) in [5, 5.41) is 7.30. The van der Waals surface area contributed by atoms with Gasteiger partial charge in [-0.1, -0.05) is 0 Å². The molecule has 0 bridgehead atoms. The minimum Gasteiger partial charge on any atom is -0.459 e. The molecule has 1 N–H and O–H groups in total. The van der Waals surface area contributed by atoms with Gasteiger partial charge in [0.15, 0.2) is 5.76 Å². The fraction of sp³-hybridized carbons (Fsp3) is 0.500. The lowest BCUT2D eigenvalue weighted by Crippen LogP contribution is -2.43. The molecule has 2 saturated heterocycles. The molecule has 4 heterocycles. The summed E-state index contributed by atoms with van der Waals surface area (Å²) in [6, 6.07) is 5.60. The van der Waals surface area contributed by atoms with Crippen LogP contribution in [0, 0.1) is 11.8 Å². The summed E-state index contributed by atoms with van der Waals surface area (Å²) in [4.78, 5) is 14.5. The van der Waals surface area contributed by atoms with Crippen molar-refractivity contribution in [3.8, 4) is 0 Å². The Morgan fingerprint density at radius 3 is 3.17 bits per heavy atom. The van der Waals surface area contributed by atoms with Crippen LogP contribution in [-0.4, -0.2) is 43.2 Å². The summed E-state index contributed by atoms with van der Waals surface area (Å²) in [5.74, 6) is 1.31. The van der Waals surface area contributed by atoms with Gasteiger partial charge in [-0.15, -0.1) is 0 Å². The van der Waals surface area contributed by atoms with Gasteiger partial charge in [0.1, 0.15) is 0 Å². The van der Waals surface area contributed by atoms with Crippen LogP contribution in [0.2, 0.25) is 0 Å². The topological polar surface area (TPSA) is 54.7 Å². The van der Waals surface area contributed by atoms with Crippen molar-refractivity contribution in [2.75, 3.05) is 26.2 Å². The fourth-order valence-corrected chi connectivity index (χ4v) is 4.50. The molecule has 0 unspecified atom stereocenters. The van der Waals surface area contributed by atoms with E-state index in [1.807, 2.05) is 0 Å². The molecule has 6 heteroatoms. The number of thiophene rings is 1. The third-order valence-corrected chi connectivity index (χ3v) is 5.81. The van der Waals surface area contributed by atoms with Crippen LogP contribution in [0.4, 0.5) is 0 Å². The zero-order valence-electron chi connectivity index (χ0n) is 13.5. The number of piperidine rings is 1. The minimum atomic E-state index is -0.165. The molecule has 5 nitrogen and oxygen atoms in total. The van der Waals surface area contributed by atoms with Crippen LogP contribution in [0.1, 0.15) is 22.5 Å². The molecule has 2 aromatic heterocycles. The molecule has 0 radical (unpaired) electrons. The van der Waals surface area contributed by atoms with Crippen LogP contribution in [0.3, 0.4) is 0 Å². The Morgan fingerprint density at radius 2 is 2.38 bits per heavy atom. The molecular formula is C18H22N2O3S. The number of amides is 1. The normalized spacial score (nSPS) is 27.1. The molecular weight excluding hydrogens is 324 g/mol. The Morgan fingerprint density at radius 1 is 1.42 bits per heavy atom. The van der Waals surface area contributed by atoms with E-state index in [9.17, 15) is 4.79 Å². The molecule has 1 amide bonds. The summed E-state index contributed by atoms with van der Waals surface area (Å²) in [6.45, 7) is 4.58. The molecule has 2 fully saturated rings. The second-order valence-electron chi connectivity index (χ2n) is 6.64. The summed E-state index contributed by atoms with van der Waals surface area (Å²) in [6.07, 6.45) is 2.77. The van der Waals surface area contributed by atoms with Gasteiger partial charge in [0.2, 0.25) is 0 Å². The summed E-state index contributed by atoms with van der Waals surface area (Å²) >= 11 is 1.76. The van der Waals surface area contributed by atoms with E-state index in [1.54, 1.807) is 23.5 Å². The third-order valence-electron chi connectivity index (χ3n) is 5.07. The number of nitrogens with one attached hydrogen (secondary N) is 1. The van der Waals surface area contributed by atoms with E-state index < -0.39 is 0 Å². The Kier molecular flexibility index (Phi) is 4.69. The molecule has 0 spiro atoms. The van der Waals surface area contributed by atoms with Gasteiger partial charge in [-0.2, -0.15) is 11.3 Å². The number of likely N-dealkylation sites (tertiary alicyclic amines) is 1. The van der Waals surface area contributed by atoms with Crippen LogP contribution in [0.25, 0.3) is 0 Å². The molecule has 24 heavy (non-hydrogen) atoms. The van der Waals surface area contributed by atoms with E-state index >= 15 is 0 Å². The Hall–Kier alpha value is -1.63. The van der Waals surface area contributed by atoms with Crippen LogP contribution in [0.15, 0.2) is 39.6 Å². The van der Waals surface area contributed by atoms with E-state index in [0.29, 0.717) is 24.1 Å². The van der Waals surface area contributed by atoms with Gasteiger partial charge in [-0.25, -0.2) is 0 Å². The van der Waals surface area contributed by atoms with Crippen molar-refractivity contribution in [3.63, 3.8) is 0 Å². The molecule has 4 rings (SSSR count). The number of carbonyl (C=O) groups excluding carboxylic acids is 1. The lowest BCUT2D eigenvalue weighted by Gasteiger charge is -2.35. The minimum absolute atomic E-state index is 0.122. The maximum absolute atomic E-state index is 12.0. The average Bonchev–Trinajstić information content (AvgIpc) is 3.34. The monoisotopic (exact) mass is 346 g/mol. The van der Waals surface area contributed by atoms with Crippen molar-refractivity contribution < 1.29 is 13.9 Å². The zero-order valence-corrected chi connectivity index (χ0v) is 14.3. The zero-order chi connectivity index (χ0) is 16.4. The van der Waals surface area contributed by atoms with Crippen LogP contribution in [0.5, 0.6) is 0 Å². The van der Waals surface area contributed by atoms with Crippen LogP contribution < -0.4 is 5.32 Å². The molecule has 128 valence electrons. The smallest absolute Gasteiger partial charge is 0.287 e. The number of hydrogen-bond acceptors (Lipinski definition) is 5. The van der Waals surface area contributed by atoms with Gasteiger partial charge < -0.3 is 14.5 Å². The number of ether oxygens (including phenoxy) is 1.